The van der Waals surface area contributed by atoms with Crippen molar-refractivity contribution in [2.45, 2.75) is 125 Å². The van der Waals surface area contributed by atoms with Crippen LogP contribution < -0.4 is 9.47 Å². The number of aromatic nitrogens is 3. The van der Waals surface area contributed by atoms with Crippen LogP contribution in [0.3, 0.4) is 0 Å². The van der Waals surface area contributed by atoms with Crippen LogP contribution in [-0.4, -0.2) is 59.4 Å². The minimum atomic E-state index is -0.580. The van der Waals surface area contributed by atoms with Crippen molar-refractivity contribution in [3.63, 3.8) is 0 Å². The van der Waals surface area contributed by atoms with Gasteiger partial charge in [-0.3, -0.25) is 0 Å². The molecule has 0 N–H and O–H groups in total. The summed E-state index contributed by atoms with van der Waals surface area (Å²) in [7, 11) is 0. The number of ether oxygens (including phenoxy) is 2. The molecule has 2 fully saturated rings. The minimum absolute atomic E-state index is 0.180. The van der Waals surface area contributed by atoms with Crippen molar-refractivity contribution in [2.75, 3.05) is 0 Å². The Hall–Kier alpha value is -1.98. The highest BCUT2D eigenvalue weighted by Crippen LogP contribution is 2.40. The lowest BCUT2D eigenvalue weighted by molar-refractivity contribution is -0.297. The average Bonchev–Trinajstić information content (AvgIpc) is 2.75. The van der Waals surface area contributed by atoms with E-state index in [2.05, 4.69) is 15.0 Å². The van der Waals surface area contributed by atoms with Crippen LogP contribution in [0.2, 0.25) is 0 Å². The van der Waals surface area contributed by atoms with Gasteiger partial charge < -0.3 is 9.47 Å². The first kappa shape index (κ1) is 28.0. The predicted octanol–water partition coefficient (Wildman–Crippen LogP) is 5.51. The Kier molecular flexibility index (Phi) is 7.55. The van der Waals surface area contributed by atoms with Gasteiger partial charge >= 0.3 is 12.0 Å². The second kappa shape index (κ2) is 9.96. The molecule has 1 aromatic carbocycles. The van der Waals surface area contributed by atoms with Crippen molar-refractivity contribution in [3.05, 3.63) is 30.3 Å². The average molecular weight is 530 g/mol. The summed E-state index contributed by atoms with van der Waals surface area (Å²) in [6.45, 7) is 15.5. The van der Waals surface area contributed by atoms with Gasteiger partial charge in [0.2, 0.25) is 5.16 Å². The van der Waals surface area contributed by atoms with Crippen LogP contribution in [0.5, 0.6) is 12.0 Å². The molecular weight excluding hydrogens is 490 g/mol. The van der Waals surface area contributed by atoms with Crippen LogP contribution in [0.4, 0.5) is 0 Å². The SMILES string of the molecule is CC1(C)CC(Oc2nc(OC3CC(C)(C)N([O])C(C)(C)C3)nc(Sc3ccccc3)n2)CC(C)(C)N1[O]. The molecular formula is C27H39N5O4S. The molecule has 0 atom stereocenters. The molecule has 4 rings (SSSR count). The first-order valence-corrected chi connectivity index (χ1v) is 13.7. The van der Waals surface area contributed by atoms with Crippen LogP contribution in [0.1, 0.15) is 81.1 Å². The molecule has 37 heavy (non-hydrogen) atoms. The summed E-state index contributed by atoms with van der Waals surface area (Å²) >= 11 is 1.40. The maximum atomic E-state index is 12.8. The second-order valence-corrected chi connectivity index (χ2v) is 13.8. The van der Waals surface area contributed by atoms with E-state index in [4.69, 9.17) is 9.47 Å². The Morgan fingerprint density at radius 2 is 1.05 bits per heavy atom. The molecule has 0 bridgehead atoms. The lowest BCUT2D eigenvalue weighted by Gasteiger charge is -2.49. The van der Waals surface area contributed by atoms with Gasteiger partial charge in [0.25, 0.3) is 0 Å². The first-order chi connectivity index (χ1) is 17.1. The molecule has 9 nitrogen and oxygen atoms in total. The fourth-order valence-corrected chi connectivity index (χ4v) is 6.63. The van der Waals surface area contributed by atoms with E-state index in [0.717, 1.165) is 4.90 Å². The van der Waals surface area contributed by atoms with Crippen LogP contribution >= 0.6 is 11.8 Å². The molecule has 0 aliphatic carbocycles. The normalized spacial score (nSPS) is 24.1. The summed E-state index contributed by atoms with van der Waals surface area (Å²) in [5.41, 5.74) is -2.32. The predicted molar refractivity (Wildman–Crippen MR) is 139 cm³/mol. The Balaban J connectivity index is 1.61. The zero-order chi connectivity index (χ0) is 27.2. The molecule has 10 heteroatoms. The molecule has 2 aliphatic rings. The standard InChI is InChI=1S/C27H39N5O4S/c1-24(2)14-18(15-25(3,4)31(24)33)35-21-28-22(30-23(29-21)37-20-12-10-9-11-13-20)36-19-16-26(5,6)32(34)27(7,8)17-19/h9-13,18-19H,14-17H2,1-8H3. The maximum absolute atomic E-state index is 12.8. The van der Waals surface area contributed by atoms with Crippen LogP contribution in [0.15, 0.2) is 40.4 Å². The zero-order valence-electron chi connectivity index (χ0n) is 23.1. The monoisotopic (exact) mass is 529 g/mol. The summed E-state index contributed by atoms with van der Waals surface area (Å²) in [4.78, 5) is 14.7. The lowest BCUT2D eigenvalue weighted by atomic mass is 9.80. The fourth-order valence-electron chi connectivity index (χ4n) is 5.87. The van der Waals surface area contributed by atoms with E-state index in [1.807, 2.05) is 85.7 Å². The van der Waals surface area contributed by atoms with Gasteiger partial charge in [-0.05, 0) is 79.3 Å². The number of hydrogen-bond acceptors (Lipinski definition) is 8. The number of piperidine rings is 2. The van der Waals surface area contributed by atoms with E-state index >= 15 is 0 Å². The molecule has 0 saturated carbocycles. The third kappa shape index (κ3) is 6.37. The maximum Gasteiger partial charge on any atom is 0.323 e. The van der Waals surface area contributed by atoms with Gasteiger partial charge in [-0.15, -0.1) is 25.5 Å². The van der Waals surface area contributed by atoms with Gasteiger partial charge in [0.1, 0.15) is 12.2 Å². The third-order valence-corrected chi connectivity index (χ3v) is 8.05. The van der Waals surface area contributed by atoms with Crippen molar-refractivity contribution in [3.8, 4) is 12.0 Å². The number of nitrogens with zero attached hydrogens (tertiary/aromatic N) is 5. The quantitative estimate of drug-likeness (QED) is 0.482. The van der Waals surface area contributed by atoms with Crippen molar-refractivity contribution in [2.24, 2.45) is 0 Å². The van der Waals surface area contributed by atoms with E-state index in [0.29, 0.717) is 30.8 Å². The Morgan fingerprint density at radius 3 is 1.43 bits per heavy atom. The molecule has 2 saturated heterocycles. The second-order valence-electron chi connectivity index (χ2n) is 12.7. The van der Waals surface area contributed by atoms with Crippen molar-refractivity contribution < 1.29 is 19.9 Å². The number of benzene rings is 1. The van der Waals surface area contributed by atoms with Crippen molar-refractivity contribution >= 4 is 11.8 Å². The smallest absolute Gasteiger partial charge is 0.323 e. The highest BCUT2D eigenvalue weighted by atomic mass is 32.2. The molecule has 3 heterocycles. The third-order valence-electron chi connectivity index (χ3n) is 7.18. The zero-order valence-corrected chi connectivity index (χ0v) is 24.0. The Bertz CT molecular complexity index is 997. The summed E-state index contributed by atoms with van der Waals surface area (Å²) in [6.07, 6.45) is 1.73. The highest BCUT2D eigenvalue weighted by molar-refractivity contribution is 7.99. The largest absolute Gasteiger partial charge is 0.460 e. The molecule has 202 valence electrons. The molecule has 2 radical (unpaired) electrons. The molecule has 1 aromatic heterocycles. The molecule has 0 amide bonds. The lowest BCUT2D eigenvalue weighted by Crippen LogP contribution is -2.60. The highest BCUT2D eigenvalue weighted by Gasteiger charge is 2.48. The van der Waals surface area contributed by atoms with E-state index in [-0.39, 0.29) is 24.2 Å². The number of rotatable bonds is 6. The van der Waals surface area contributed by atoms with Gasteiger partial charge in [-0.1, -0.05) is 18.2 Å². The van der Waals surface area contributed by atoms with Gasteiger partial charge in [-0.2, -0.15) is 9.97 Å². The first-order valence-electron chi connectivity index (χ1n) is 12.8. The summed E-state index contributed by atoms with van der Waals surface area (Å²) in [6, 6.07) is 10.2. The van der Waals surface area contributed by atoms with E-state index < -0.39 is 22.2 Å². The van der Waals surface area contributed by atoms with Gasteiger partial charge in [0, 0.05) is 52.7 Å². The molecule has 2 aliphatic heterocycles. The van der Waals surface area contributed by atoms with Crippen molar-refractivity contribution in [1.82, 2.24) is 25.1 Å². The van der Waals surface area contributed by atoms with Crippen LogP contribution in [-0.2, 0) is 10.4 Å². The summed E-state index contributed by atoms with van der Waals surface area (Å²) in [5.74, 6) is 0. The van der Waals surface area contributed by atoms with Crippen LogP contribution in [0.25, 0.3) is 0 Å². The van der Waals surface area contributed by atoms with Gasteiger partial charge in [0.05, 0.1) is 0 Å². The topological polar surface area (TPSA) is 103 Å². The van der Waals surface area contributed by atoms with Gasteiger partial charge in [0.15, 0.2) is 0 Å². The van der Waals surface area contributed by atoms with Crippen molar-refractivity contribution in [1.29, 1.82) is 0 Å². The minimum Gasteiger partial charge on any atom is -0.460 e. The molecule has 2 aromatic rings. The number of hydroxylamine groups is 4. The van der Waals surface area contributed by atoms with E-state index in [1.165, 1.54) is 21.9 Å². The Labute approximate surface area is 224 Å². The molecule has 0 unspecified atom stereocenters. The summed E-state index contributed by atoms with van der Waals surface area (Å²) < 4.78 is 12.6. The van der Waals surface area contributed by atoms with Gasteiger partial charge in [-0.25, -0.2) is 0 Å². The Morgan fingerprint density at radius 1 is 0.676 bits per heavy atom. The van der Waals surface area contributed by atoms with E-state index in [1.54, 1.807) is 0 Å². The molecule has 0 spiro atoms. The summed E-state index contributed by atoms with van der Waals surface area (Å²) in [5, 5.41) is 28.4. The van der Waals surface area contributed by atoms with E-state index in [9.17, 15) is 10.4 Å². The number of hydrogen-bond donors (Lipinski definition) is 0. The van der Waals surface area contributed by atoms with Crippen LogP contribution in [0, 0.1) is 0 Å². The fraction of sp³-hybridized carbons (Fsp3) is 0.667.